The maximum absolute atomic E-state index is 10.5. The van der Waals surface area contributed by atoms with Crippen LogP contribution in [0.1, 0.15) is 5.76 Å². The van der Waals surface area contributed by atoms with E-state index in [0.29, 0.717) is 12.3 Å². The van der Waals surface area contributed by atoms with Crippen LogP contribution in [-0.2, 0) is 6.54 Å². The minimum Gasteiger partial charge on any atom is -0.459 e. The van der Waals surface area contributed by atoms with Crippen LogP contribution in [0.25, 0.3) is 11.0 Å². The number of fused-ring (bicyclic) bond motifs is 1. The van der Waals surface area contributed by atoms with Gasteiger partial charge in [0.15, 0.2) is 0 Å². The molecule has 0 unspecified atom stereocenters. The predicted molar refractivity (Wildman–Crippen MR) is 52.6 cm³/mol. The molecular formula is C10H10N2O2. The van der Waals surface area contributed by atoms with E-state index in [-0.39, 0.29) is 0 Å². The Labute approximate surface area is 80.7 Å². The Morgan fingerprint density at radius 3 is 2.93 bits per heavy atom. The first kappa shape index (κ1) is 8.62. The highest BCUT2D eigenvalue weighted by atomic mass is 16.3. The monoisotopic (exact) mass is 190 g/mol. The number of hydrogen-bond acceptors (Lipinski definition) is 2. The van der Waals surface area contributed by atoms with Gasteiger partial charge in [-0.1, -0.05) is 18.2 Å². The third-order valence-electron chi connectivity index (χ3n) is 1.91. The van der Waals surface area contributed by atoms with Gasteiger partial charge in [-0.3, -0.25) is 0 Å². The van der Waals surface area contributed by atoms with Crippen LogP contribution in [-0.4, -0.2) is 6.03 Å². The highest BCUT2D eigenvalue weighted by Gasteiger charge is 2.02. The Kier molecular flexibility index (Phi) is 2.10. The number of nitrogens with two attached hydrogens (primary N) is 1. The van der Waals surface area contributed by atoms with Crippen LogP contribution >= 0.6 is 0 Å². The molecule has 0 radical (unpaired) electrons. The van der Waals surface area contributed by atoms with E-state index < -0.39 is 6.03 Å². The summed E-state index contributed by atoms with van der Waals surface area (Å²) in [6, 6.07) is 8.99. The maximum atomic E-state index is 10.5. The highest BCUT2D eigenvalue weighted by Crippen LogP contribution is 2.18. The third-order valence-corrected chi connectivity index (χ3v) is 1.91. The molecule has 0 aliphatic carbocycles. The molecule has 2 aromatic rings. The topological polar surface area (TPSA) is 68.3 Å². The minimum atomic E-state index is -0.551. The van der Waals surface area contributed by atoms with Crippen molar-refractivity contribution in [3.05, 3.63) is 36.1 Å². The number of para-hydroxylation sites is 1. The summed E-state index contributed by atoms with van der Waals surface area (Å²) in [4.78, 5) is 10.5. The van der Waals surface area contributed by atoms with Crippen LogP contribution in [0.2, 0.25) is 0 Å². The van der Waals surface area contributed by atoms with E-state index in [1.165, 1.54) is 0 Å². The SMILES string of the molecule is NC(=O)NCc1cc2ccccc2o1. The minimum absolute atomic E-state index is 0.323. The lowest BCUT2D eigenvalue weighted by Crippen LogP contribution is -2.28. The number of amides is 2. The fourth-order valence-electron chi connectivity index (χ4n) is 1.30. The number of primary amides is 1. The van der Waals surface area contributed by atoms with E-state index in [2.05, 4.69) is 5.32 Å². The van der Waals surface area contributed by atoms with E-state index in [4.69, 9.17) is 10.2 Å². The molecule has 0 fully saturated rings. The Bertz CT molecular complexity index is 429. The molecule has 14 heavy (non-hydrogen) atoms. The number of carbonyl (C=O) groups is 1. The first-order valence-corrected chi connectivity index (χ1v) is 4.26. The summed E-state index contributed by atoms with van der Waals surface area (Å²) in [5, 5.41) is 3.49. The van der Waals surface area contributed by atoms with Gasteiger partial charge in [-0.05, 0) is 12.1 Å². The van der Waals surface area contributed by atoms with Gasteiger partial charge in [0, 0.05) is 5.39 Å². The van der Waals surface area contributed by atoms with Crippen molar-refractivity contribution in [3.8, 4) is 0 Å². The second-order valence-corrected chi connectivity index (χ2v) is 2.97. The third kappa shape index (κ3) is 1.69. The molecular weight excluding hydrogens is 180 g/mol. The van der Waals surface area contributed by atoms with Crippen molar-refractivity contribution in [2.45, 2.75) is 6.54 Å². The largest absolute Gasteiger partial charge is 0.459 e. The van der Waals surface area contributed by atoms with Crippen molar-refractivity contribution in [1.29, 1.82) is 0 Å². The van der Waals surface area contributed by atoms with Crippen molar-refractivity contribution >= 4 is 17.0 Å². The van der Waals surface area contributed by atoms with Gasteiger partial charge in [0.1, 0.15) is 11.3 Å². The number of nitrogens with one attached hydrogen (secondary N) is 1. The molecule has 0 saturated heterocycles. The average Bonchev–Trinajstić information content (AvgIpc) is 2.57. The Morgan fingerprint density at radius 2 is 2.21 bits per heavy atom. The predicted octanol–water partition coefficient (Wildman–Crippen LogP) is 1.60. The summed E-state index contributed by atoms with van der Waals surface area (Å²) >= 11 is 0. The molecule has 1 aromatic carbocycles. The molecule has 1 aromatic heterocycles. The van der Waals surface area contributed by atoms with Gasteiger partial charge in [0.25, 0.3) is 0 Å². The molecule has 0 aliphatic heterocycles. The van der Waals surface area contributed by atoms with Gasteiger partial charge < -0.3 is 15.5 Å². The molecule has 0 aliphatic rings. The zero-order chi connectivity index (χ0) is 9.97. The number of urea groups is 1. The van der Waals surface area contributed by atoms with E-state index in [1.54, 1.807) is 0 Å². The Balaban J connectivity index is 2.22. The second-order valence-electron chi connectivity index (χ2n) is 2.97. The molecule has 0 saturated carbocycles. The molecule has 4 heteroatoms. The molecule has 4 nitrogen and oxygen atoms in total. The summed E-state index contributed by atoms with van der Waals surface area (Å²) in [5.41, 5.74) is 5.76. The first-order valence-electron chi connectivity index (χ1n) is 4.26. The summed E-state index contributed by atoms with van der Waals surface area (Å²) < 4.78 is 5.45. The van der Waals surface area contributed by atoms with Crippen LogP contribution in [0.3, 0.4) is 0 Å². The first-order chi connectivity index (χ1) is 6.75. The zero-order valence-electron chi connectivity index (χ0n) is 7.49. The van der Waals surface area contributed by atoms with Crippen molar-refractivity contribution in [2.24, 2.45) is 5.73 Å². The Morgan fingerprint density at radius 1 is 1.43 bits per heavy atom. The summed E-state index contributed by atoms with van der Waals surface area (Å²) in [5.74, 6) is 0.699. The fraction of sp³-hybridized carbons (Fsp3) is 0.100. The summed E-state index contributed by atoms with van der Waals surface area (Å²) in [6.45, 7) is 0.323. The van der Waals surface area contributed by atoms with Crippen LogP contribution < -0.4 is 11.1 Å². The standard InChI is InChI=1S/C10H10N2O2/c11-10(13)12-6-8-5-7-3-1-2-4-9(7)14-8/h1-5H,6H2,(H3,11,12,13). The number of rotatable bonds is 2. The lowest BCUT2D eigenvalue weighted by atomic mass is 10.2. The second kappa shape index (κ2) is 3.41. The molecule has 1 heterocycles. The van der Waals surface area contributed by atoms with E-state index >= 15 is 0 Å². The van der Waals surface area contributed by atoms with Gasteiger partial charge >= 0.3 is 6.03 Å². The number of furan rings is 1. The molecule has 72 valence electrons. The van der Waals surface area contributed by atoms with Gasteiger partial charge in [-0.2, -0.15) is 0 Å². The molecule has 0 atom stereocenters. The smallest absolute Gasteiger partial charge is 0.312 e. The lowest BCUT2D eigenvalue weighted by molar-refractivity contribution is 0.247. The van der Waals surface area contributed by atoms with E-state index in [0.717, 1.165) is 11.0 Å². The number of hydrogen-bond donors (Lipinski definition) is 2. The van der Waals surface area contributed by atoms with Gasteiger partial charge in [0.05, 0.1) is 6.54 Å². The van der Waals surface area contributed by atoms with Crippen LogP contribution in [0.15, 0.2) is 34.7 Å². The molecule has 3 N–H and O–H groups in total. The van der Waals surface area contributed by atoms with Gasteiger partial charge in [-0.15, -0.1) is 0 Å². The molecule has 2 amide bonds. The maximum Gasteiger partial charge on any atom is 0.312 e. The van der Waals surface area contributed by atoms with Crippen molar-refractivity contribution in [3.63, 3.8) is 0 Å². The van der Waals surface area contributed by atoms with Crippen molar-refractivity contribution in [2.75, 3.05) is 0 Å². The van der Waals surface area contributed by atoms with Crippen LogP contribution in [0.5, 0.6) is 0 Å². The number of benzene rings is 1. The summed E-state index contributed by atoms with van der Waals surface area (Å²) in [7, 11) is 0. The normalized spacial score (nSPS) is 10.3. The van der Waals surface area contributed by atoms with Gasteiger partial charge in [-0.25, -0.2) is 4.79 Å². The zero-order valence-corrected chi connectivity index (χ0v) is 7.49. The lowest BCUT2D eigenvalue weighted by Gasteiger charge is -1.95. The van der Waals surface area contributed by atoms with Gasteiger partial charge in [0.2, 0.25) is 0 Å². The van der Waals surface area contributed by atoms with Crippen LogP contribution in [0.4, 0.5) is 4.79 Å². The average molecular weight is 190 g/mol. The van der Waals surface area contributed by atoms with Crippen molar-refractivity contribution < 1.29 is 9.21 Å². The highest BCUT2D eigenvalue weighted by molar-refractivity contribution is 5.78. The molecule has 2 rings (SSSR count). The van der Waals surface area contributed by atoms with E-state index in [1.807, 2.05) is 30.3 Å². The van der Waals surface area contributed by atoms with Crippen LogP contribution in [0, 0.1) is 0 Å². The van der Waals surface area contributed by atoms with Crippen molar-refractivity contribution in [1.82, 2.24) is 5.32 Å². The summed E-state index contributed by atoms with van der Waals surface area (Å²) in [6.07, 6.45) is 0. The van der Waals surface area contributed by atoms with E-state index in [9.17, 15) is 4.79 Å². The molecule has 0 bridgehead atoms. The fourth-order valence-corrected chi connectivity index (χ4v) is 1.30. The molecule has 0 spiro atoms. The Hall–Kier alpha value is -1.97. The number of carbonyl (C=O) groups excluding carboxylic acids is 1. The quantitative estimate of drug-likeness (QED) is 0.755.